The fourth-order valence-electron chi connectivity index (χ4n) is 1.40. The monoisotopic (exact) mass is 359 g/mol. The molecule has 1 N–H and O–H groups in total. The van der Waals surface area contributed by atoms with Crippen LogP contribution in [0.4, 0.5) is 4.39 Å². The van der Waals surface area contributed by atoms with E-state index in [-0.39, 0.29) is 19.3 Å². The quantitative estimate of drug-likeness (QED) is 0.588. The average Bonchev–Trinajstić information content (AvgIpc) is 2.33. The van der Waals surface area contributed by atoms with Crippen LogP contribution in [0.2, 0.25) is 0 Å². The SMILES string of the molecule is CC(C)OCCNS(=O)(=O)c1ccc(S(=O)(=O)Cl)cc1F. The molecule has 10 heteroatoms. The van der Waals surface area contributed by atoms with Crippen molar-refractivity contribution in [3.63, 3.8) is 0 Å². The van der Waals surface area contributed by atoms with Gasteiger partial charge in [-0.2, -0.15) is 0 Å². The molecule has 0 heterocycles. The lowest BCUT2D eigenvalue weighted by molar-refractivity contribution is 0.0834. The molecule has 1 rings (SSSR count). The number of ether oxygens (including phenoxy) is 1. The lowest BCUT2D eigenvalue weighted by Gasteiger charge is -2.10. The van der Waals surface area contributed by atoms with Gasteiger partial charge in [-0.15, -0.1) is 0 Å². The molecule has 0 aromatic heterocycles. The van der Waals surface area contributed by atoms with Gasteiger partial charge in [0.25, 0.3) is 9.05 Å². The van der Waals surface area contributed by atoms with Gasteiger partial charge in [0.05, 0.1) is 17.6 Å². The van der Waals surface area contributed by atoms with E-state index in [1.165, 1.54) is 0 Å². The topological polar surface area (TPSA) is 89.5 Å². The first kappa shape index (κ1) is 18.3. The Balaban J connectivity index is 2.89. The lowest BCUT2D eigenvalue weighted by Crippen LogP contribution is -2.29. The molecule has 0 bridgehead atoms. The van der Waals surface area contributed by atoms with Gasteiger partial charge in [-0.1, -0.05) is 0 Å². The maximum Gasteiger partial charge on any atom is 0.261 e. The Kier molecular flexibility index (Phi) is 6.11. The van der Waals surface area contributed by atoms with Crippen LogP contribution in [0.15, 0.2) is 28.0 Å². The van der Waals surface area contributed by atoms with Crippen molar-refractivity contribution < 1.29 is 26.0 Å². The molecule has 1 aromatic rings. The summed E-state index contributed by atoms with van der Waals surface area (Å²) in [4.78, 5) is -1.17. The predicted molar refractivity (Wildman–Crippen MR) is 75.7 cm³/mol. The van der Waals surface area contributed by atoms with E-state index in [1.807, 2.05) is 0 Å². The van der Waals surface area contributed by atoms with Crippen LogP contribution in [0, 0.1) is 5.82 Å². The molecule has 0 saturated heterocycles. The summed E-state index contributed by atoms with van der Waals surface area (Å²) in [6, 6.07) is 2.32. The van der Waals surface area contributed by atoms with Crippen LogP contribution in [-0.2, 0) is 23.8 Å². The van der Waals surface area contributed by atoms with Crippen LogP contribution in [0.25, 0.3) is 0 Å². The van der Waals surface area contributed by atoms with E-state index >= 15 is 0 Å². The molecule has 0 saturated carbocycles. The molecule has 0 unspecified atom stereocenters. The predicted octanol–water partition coefficient (Wildman–Crippen LogP) is 1.46. The van der Waals surface area contributed by atoms with Crippen LogP contribution in [0.5, 0.6) is 0 Å². The Morgan fingerprint density at radius 3 is 2.38 bits per heavy atom. The molecule has 21 heavy (non-hydrogen) atoms. The fourth-order valence-corrected chi connectivity index (χ4v) is 3.23. The van der Waals surface area contributed by atoms with Crippen molar-refractivity contribution in [3.05, 3.63) is 24.0 Å². The number of hydrogen-bond donors (Lipinski definition) is 1. The smallest absolute Gasteiger partial charge is 0.261 e. The number of sulfonamides is 1. The number of halogens is 2. The highest BCUT2D eigenvalue weighted by atomic mass is 35.7. The van der Waals surface area contributed by atoms with Crippen molar-refractivity contribution in [3.8, 4) is 0 Å². The van der Waals surface area contributed by atoms with Crippen LogP contribution < -0.4 is 4.72 Å². The van der Waals surface area contributed by atoms with E-state index in [1.54, 1.807) is 13.8 Å². The molecular formula is C11H15ClFNO5S2. The zero-order valence-electron chi connectivity index (χ0n) is 11.3. The highest BCUT2D eigenvalue weighted by Crippen LogP contribution is 2.21. The summed E-state index contributed by atoms with van der Waals surface area (Å²) in [5.74, 6) is -1.20. The van der Waals surface area contributed by atoms with Gasteiger partial charge < -0.3 is 4.74 Å². The van der Waals surface area contributed by atoms with Crippen molar-refractivity contribution in [1.82, 2.24) is 4.72 Å². The van der Waals surface area contributed by atoms with Gasteiger partial charge in [0.1, 0.15) is 10.7 Å². The summed E-state index contributed by atoms with van der Waals surface area (Å²) in [6.45, 7) is 3.68. The fraction of sp³-hybridized carbons (Fsp3) is 0.455. The Hall–Kier alpha value is -0.740. The van der Waals surface area contributed by atoms with Gasteiger partial charge in [-0.25, -0.2) is 25.9 Å². The second-order valence-electron chi connectivity index (χ2n) is 4.35. The van der Waals surface area contributed by atoms with Gasteiger partial charge in [-0.3, -0.25) is 0 Å². The Morgan fingerprint density at radius 2 is 1.90 bits per heavy atom. The van der Waals surface area contributed by atoms with Crippen molar-refractivity contribution in [2.75, 3.05) is 13.2 Å². The zero-order valence-corrected chi connectivity index (χ0v) is 13.7. The minimum absolute atomic E-state index is 0.0322. The Morgan fingerprint density at radius 1 is 1.29 bits per heavy atom. The highest BCUT2D eigenvalue weighted by molar-refractivity contribution is 8.13. The summed E-state index contributed by atoms with van der Waals surface area (Å²) in [5, 5.41) is 0. The molecule has 0 aliphatic rings. The van der Waals surface area contributed by atoms with Gasteiger partial charge in [0, 0.05) is 17.2 Å². The number of hydrogen-bond acceptors (Lipinski definition) is 5. The third-order valence-corrected chi connectivity index (χ3v) is 5.17. The Bertz CT molecular complexity index is 703. The van der Waals surface area contributed by atoms with Crippen LogP contribution >= 0.6 is 10.7 Å². The van der Waals surface area contributed by atoms with Crippen molar-refractivity contribution in [1.29, 1.82) is 0 Å². The largest absolute Gasteiger partial charge is 0.377 e. The summed E-state index contributed by atoms with van der Waals surface area (Å²) in [6.07, 6.45) is -0.0561. The van der Waals surface area contributed by atoms with Gasteiger partial charge in [0.2, 0.25) is 10.0 Å². The summed E-state index contributed by atoms with van der Waals surface area (Å²) >= 11 is 0. The first-order valence-electron chi connectivity index (χ1n) is 5.89. The maximum atomic E-state index is 13.7. The zero-order chi connectivity index (χ0) is 16.3. The summed E-state index contributed by atoms with van der Waals surface area (Å²) in [7, 11) is -3.16. The minimum Gasteiger partial charge on any atom is -0.377 e. The molecule has 0 aliphatic heterocycles. The first-order chi connectivity index (χ1) is 9.54. The van der Waals surface area contributed by atoms with E-state index < -0.39 is 34.7 Å². The van der Waals surface area contributed by atoms with E-state index in [0.29, 0.717) is 6.07 Å². The van der Waals surface area contributed by atoms with Crippen molar-refractivity contribution in [2.45, 2.75) is 29.7 Å². The standard InChI is InChI=1S/C11H15ClFNO5S2/c1-8(2)19-6-5-14-21(17,18)11-4-3-9(7-10(11)13)20(12,15)16/h3-4,7-8,14H,5-6H2,1-2H3. The van der Waals surface area contributed by atoms with Gasteiger partial charge in [0.15, 0.2) is 0 Å². The molecule has 0 amide bonds. The van der Waals surface area contributed by atoms with E-state index in [9.17, 15) is 21.2 Å². The summed E-state index contributed by atoms with van der Waals surface area (Å²) in [5.41, 5.74) is 0. The first-order valence-corrected chi connectivity index (χ1v) is 9.69. The Labute approximate surface area is 127 Å². The molecule has 0 atom stereocenters. The molecule has 0 radical (unpaired) electrons. The van der Waals surface area contributed by atoms with E-state index in [2.05, 4.69) is 4.72 Å². The van der Waals surface area contributed by atoms with E-state index in [4.69, 9.17) is 15.4 Å². The third kappa shape index (κ3) is 5.51. The van der Waals surface area contributed by atoms with Crippen molar-refractivity contribution in [2.24, 2.45) is 0 Å². The average molecular weight is 360 g/mol. The third-order valence-electron chi connectivity index (χ3n) is 2.32. The van der Waals surface area contributed by atoms with Gasteiger partial charge in [-0.05, 0) is 32.0 Å². The molecule has 0 aliphatic carbocycles. The van der Waals surface area contributed by atoms with Crippen LogP contribution in [-0.4, -0.2) is 36.1 Å². The normalized spacial score (nSPS) is 12.8. The molecule has 1 aromatic carbocycles. The second kappa shape index (κ2) is 7.01. The second-order valence-corrected chi connectivity index (χ2v) is 8.65. The van der Waals surface area contributed by atoms with E-state index in [0.717, 1.165) is 12.1 Å². The van der Waals surface area contributed by atoms with Gasteiger partial charge >= 0.3 is 0 Å². The number of nitrogens with one attached hydrogen (secondary N) is 1. The molecule has 120 valence electrons. The molecule has 0 fully saturated rings. The van der Waals surface area contributed by atoms with Crippen LogP contribution in [0.1, 0.15) is 13.8 Å². The lowest BCUT2D eigenvalue weighted by atomic mass is 10.3. The molecular weight excluding hydrogens is 345 g/mol. The molecule has 0 spiro atoms. The number of benzene rings is 1. The summed E-state index contributed by atoms with van der Waals surface area (Å²) < 4.78 is 66.9. The maximum absolute atomic E-state index is 13.7. The number of rotatable bonds is 7. The minimum atomic E-state index is -4.12. The highest BCUT2D eigenvalue weighted by Gasteiger charge is 2.21. The van der Waals surface area contributed by atoms with Crippen LogP contribution in [0.3, 0.4) is 0 Å². The van der Waals surface area contributed by atoms with Crippen molar-refractivity contribution >= 4 is 29.8 Å². The molecule has 6 nitrogen and oxygen atoms in total.